The number of aliphatic hydroxyl groups is 1. The van der Waals surface area contributed by atoms with Gasteiger partial charge in [-0.3, -0.25) is 13.8 Å². The molecule has 1 saturated carbocycles. The highest BCUT2D eigenvalue weighted by Crippen LogP contribution is 2.35. The fraction of sp³-hybridized carbons (Fsp3) is 0.545. The molecule has 1 aliphatic heterocycles. The zero-order valence-electron chi connectivity index (χ0n) is 17.7. The molecule has 1 unspecified atom stereocenters. The van der Waals surface area contributed by atoms with Gasteiger partial charge >= 0.3 is 0 Å². The number of allylic oxidation sites excluding steroid dienone is 1. The van der Waals surface area contributed by atoms with E-state index in [1.54, 1.807) is 25.3 Å². The van der Waals surface area contributed by atoms with Crippen LogP contribution in [-0.2, 0) is 26.9 Å². The molecule has 0 spiro atoms. The van der Waals surface area contributed by atoms with Crippen LogP contribution in [0.2, 0.25) is 0 Å². The van der Waals surface area contributed by atoms with Crippen molar-refractivity contribution >= 4 is 22.5 Å². The van der Waals surface area contributed by atoms with Gasteiger partial charge in [0.15, 0.2) is 5.78 Å². The van der Waals surface area contributed by atoms with Crippen LogP contribution in [0.4, 0.5) is 0 Å². The molecule has 0 radical (unpaired) electrons. The summed E-state index contributed by atoms with van der Waals surface area (Å²) in [5.74, 6) is -0.0290. The molecule has 1 heterocycles. The molecule has 1 amide bonds. The minimum Gasteiger partial charge on any atom is -0.511 e. The van der Waals surface area contributed by atoms with Gasteiger partial charge in [-0.15, -0.1) is 0 Å². The van der Waals surface area contributed by atoms with E-state index in [1.165, 1.54) is 18.3 Å². The van der Waals surface area contributed by atoms with E-state index in [0.29, 0.717) is 17.1 Å². The molecule has 30 heavy (non-hydrogen) atoms. The van der Waals surface area contributed by atoms with Gasteiger partial charge in [0.1, 0.15) is 28.9 Å². The zero-order valence-corrected chi connectivity index (χ0v) is 18.5. The maximum absolute atomic E-state index is 13.2. The number of likely N-dealkylation sites (tertiary alicyclic amines) is 1. The fourth-order valence-electron chi connectivity index (χ4n) is 4.25. The normalized spacial score (nSPS) is 22.9. The van der Waals surface area contributed by atoms with E-state index >= 15 is 0 Å². The van der Waals surface area contributed by atoms with Crippen LogP contribution in [0.1, 0.15) is 37.7 Å². The average molecular weight is 436 g/mol. The van der Waals surface area contributed by atoms with Crippen LogP contribution in [0.3, 0.4) is 0 Å². The summed E-state index contributed by atoms with van der Waals surface area (Å²) in [7, 11) is 1.79. The second kappa shape index (κ2) is 9.64. The first-order valence-electron chi connectivity index (χ1n) is 10.2. The van der Waals surface area contributed by atoms with Gasteiger partial charge in [-0.2, -0.15) is 0 Å². The Bertz CT molecular complexity index is 874. The van der Waals surface area contributed by atoms with Gasteiger partial charge in [-0.05, 0) is 25.0 Å². The second-order valence-electron chi connectivity index (χ2n) is 7.83. The van der Waals surface area contributed by atoms with E-state index < -0.39 is 28.5 Å². The number of hydrogen-bond acceptors (Lipinski definition) is 6. The number of hydrogen-bond donors (Lipinski definition) is 1. The molecule has 8 heteroatoms. The number of methoxy groups -OCH3 is 2. The van der Waals surface area contributed by atoms with Crippen molar-refractivity contribution in [2.24, 2.45) is 5.92 Å². The van der Waals surface area contributed by atoms with Gasteiger partial charge in [-0.25, -0.2) is 0 Å². The molecule has 1 aromatic rings. The maximum atomic E-state index is 13.2. The third kappa shape index (κ3) is 4.53. The summed E-state index contributed by atoms with van der Waals surface area (Å²) in [6.45, 7) is 0.112. The standard InChI is InChI=1S/C22H29NO6S/c1-28-16-10-9-15(18(11-16)29-2)12-23-17(13-30(3)27)21(25)19(22(23)26)20(24)14-7-5-4-6-8-14/h9-11,14,17,24H,4-8,12-13H2,1-3H3/b20-19-/t17-,30?/m0/s1. The maximum Gasteiger partial charge on any atom is 0.261 e. The Labute approximate surface area is 179 Å². The number of carbonyl (C=O) groups is 2. The molecule has 2 fully saturated rings. The summed E-state index contributed by atoms with van der Waals surface area (Å²) in [5.41, 5.74) is 0.564. The Morgan fingerprint density at radius 1 is 1.17 bits per heavy atom. The largest absolute Gasteiger partial charge is 0.511 e. The van der Waals surface area contributed by atoms with Gasteiger partial charge < -0.3 is 19.5 Å². The Kier molecular flexibility index (Phi) is 7.18. The molecule has 0 bridgehead atoms. The van der Waals surface area contributed by atoms with Crippen LogP contribution in [0.5, 0.6) is 11.5 Å². The lowest BCUT2D eigenvalue weighted by Gasteiger charge is -2.23. The molecule has 164 valence electrons. The summed E-state index contributed by atoms with van der Waals surface area (Å²) >= 11 is 0. The van der Waals surface area contributed by atoms with Crippen molar-refractivity contribution in [2.75, 3.05) is 26.2 Å². The SMILES string of the molecule is COc1ccc(CN2C(=O)/C(=C(\O)C3CCCCC3)C(=O)[C@@H]2CS(C)=O)c(OC)c1. The monoisotopic (exact) mass is 435 g/mol. The molecule has 1 N–H and O–H groups in total. The quantitative estimate of drug-likeness (QED) is 0.402. The first-order chi connectivity index (χ1) is 14.4. The van der Waals surface area contributed by atoms with Crippen molar-refractivity contribution in [3.8, 4) is 11.5 Å². The summed E-state index contributed by atoms with van der Waals surface area (Å²) in [4.78, 5) is 27.8. The van der Waals surface area contributed by atoms with Crippen molar-refractivity contribution in [3.05, 3.63) is 35.1 Å². The van der Waals surface area contributed by atoms with E-state index in [0.717, 1.165) is 32.1 Å². The topological polar surface area (TPSA) is 93.1 Å². The Morgan fingerprint density at radius 3 is 2.47 bits per heavy atom. The first kappa shape index (κ1) is 22.3. The number of rotatable bonds is 7. The minimum atomic E-state index is -1.29. The third-order valence-electron chi connectivity index (χ3n) is 5.88. The predicted molar refractivity (Wildman–Crippen MR) is 114 cm³/mol. The molecular formula is C22H29NO6S. The number of ether oxygens (including phenoxy) is 2. The van der Waals surface area contributed by atoms with E-state index in [2.05, 4.69) is 0 Å². The average Bonchev–Trinajstić information content (AvgIpc) is 2.97. The molecular weight excluding hydrogens is 406 g/mol. The second-order valence-corrected chi connectivity index (χ2v) is 9.31. The number of carbonyl (C=O) groups excluding carboxylic acids is 2. The van der Waals surface area contributed by atoms with Crippen LogP contribution in [-0.4, -0.2) is 58.2 Å². The number of benzene rings is 1. The van der Waals surface area contributed by atoms with Crippen molar-refractivity contribution in [1.82, 2.24) is 4.90 Å². The highest BCUT2D eigenvalue weighted by atomic mass is 32.2. The number of amides is 1. The zero-order chi connectivity index (χ0) is 21.8. The van der Waals surface area contributed by atoms with E-state index in [9.17, 15) is 18.9 Å². The highest BCUT2D eigenvalue weighted by Gasteiger charge is 2.46. The summed E-state index contributed by atoms with van der Waals surface area (Å²) in [5, 5.41) is 10.8. The van der Waals surface area contributed by atoms with Gasteiger partial charge in [0.2, 0.25) is 0 Å². The molecule has 7 nitrogen and oxygen atoms in total. The van der Waals surface area contributed by atoms with Crippen molar-refractivity contribution < 1.29 is 28.4 Å². The lowest BCUT2D eigenvalue weighted by atomic mass is 9.85. The number of Topliss-reactive ketones (excluding diaryl/α,β-unsaturated/α-hetero) is 1. The third-order valence-corrected chi connectivity index (χ3v) is 6.66. The van der Waals surface area contributed by atoms with Crippen LogP contribution >= 0.6 is 0 Å². The van der Waals surface area contributed by atoms with Crippen molar-refractivity contribution in [3.63, 3.8) is 0 Å². The number of ketones is 1. The summed E-state index contributed by atoms with van der Waals surface area (Å²) in [6.07, 6.45) is 6.09. The van der Waals surface area contributed by atoms with Crippen molar-refractivity contribution in [1.29, 1.82) is 0 Å². The fourth-order valence-corrected chi connectivity index (χ4v) is 5.03. The lowest BCUT2D eigenvalue weighted by Crippen LogP contribution is -2.38. The lowest BCUT2D eigenvalue weighted by molar-refractivity contribution is -0.127. The Hall–Kier alpha value is -2.35. The van der Waals surface area contributed by atoms with Crippen LogP contribution in [0, 0.1) is 5.92 Å². The number of nitrogens with zero attached hydrogens (tertiary/aromatic N) is 1. The van der Waals surface area contributed by atoms with Crippen molar-refractivity contribution in [2.45, 2.75) is 44.7 Å². The van der Waals surface area contributed by atoms with Crippen LogP contribution in [0.15, 0.2) is 29.5 Å². The van der Waals surface area contributed by atoms with E-state index in [4.69, 9.17) is 9.47 Å². The molecule has 1 aliphatic carbocycles. The molecule has 3 rings (SSSR count). The molecule has 1 aromatic carbocycles. The van der Waals surface area contributed by atoms with Gasteiger partial charge in [0.25, 0.3) is 5.91 Å². The van der Waals surface area contributed by atoms with Gasteiger partial charge in [0.05, 0.1) is 26.5 Å². The van der Waals surface area contributed by atoms with Crippen LogP contribution < -0.4 is 9.47 Å². The summed E-state index contributed by atoms with van der Waals surface area (Å²) in [6, 6.07) is 4.37. The smallest absolute Gasteiger partial charge is 0.261 e. The molecule has 2 aliphatic rings. The number of aliphatic hydroxyl groups excluding tert-OH is 1. The van der Waals surface area contributed by atoms with Crippen LogP contribution in [0.25, 0.3) is 0 Å². The van der Waals surface area contributed by atoms with Gasteiger partial charge in [0, 0.05) is 34.6 Å². The minimum absolute atomic E-state index is 0.0322. The van der Waals surface area contributed by atoms with E-state index in [1.807, 2.05) is 0 Å². The Morgan fingerprint density at radius 2 is 1.87 bits per heavy atom. The van der Waals surface area contributed by atoms with E-state index in [-0.39, 0.29) is 29.5 Å². The molecule has 2 atom stereocenters. The highest BCUT2D eigenvalue weighted by molar-refractivity contribution is 7.84. The molecule has 0 aromatic heterocycles. The Balaban J connectivity index is 1.96. The summed E-state index contributed by atoms with van der Waals surface area (Å²) < 4.78 is 22.6. The van der Waals surface area contributed by atoms with Gasteiger partial charge in [-0.1, -0.05) is 19.3 Å². The first-order valence-corrected chi connectivity index (χ1v) is 11.9. The molecule has 1 saturated heterocycles. The predicted octanol–water partition coefficient (Wildman–Crippen LogP) is 2.75.